The molecule has 0 spiro atoms. The van der Waals surface area contributed by atoms with Gasteiger partial charge in [0.15, 0.2) is 0 Å². The van der Waals surface area contributed by atoms with Crippen LogP contribution in [-0.4, -0.2) is 30.2 Å². The van der Waals surface area contributed by atoms with Crippen molar-refractivity contribution in [1.82, 2.24) is 9.88 Å². The number of hydrogen-bond donors (Lipinski definition) is 1. The molecule has 5 nitrogen and oxygen atoms in total. The molecule has 6 heteroatoms. The van der Waals surface area contributed by atoms with E-state index in [9.17, 15) is 9.59 Å². The molecule has 1 amide bonds. The second kappa shape index (κ2) is 6.56. The van der Waals surface area contributed by atoms with Crippen molar-refractivity contribution < 1.29 is 9.53 Å². The Hall–Kier alpha value is -1.14. The van der Waals surface area contributed by atoms with Crippen molar-refractivity contribution in [2.24, 2.45) is 0 Å². The first-order valence-electron chi connectivity index (χ1n) is 5.17. The minimum absolute atomic E-state index is 0.00628. The van der Waals surface area contributed by atoms with Crippen LogP contribution >= 0.6 is 15.9 Å². The van der Waals surface area contributed by atoms with Gasteiger partial charge in [0.25, 0.3) is 5.56 Å². The summed E-state index contributed by atoms with van der Waals surface area (Å²) in [5, 5.41) is 2.74. The molecule has 17 heavy (non-hydrogen) atoms. The van der Waals surface area contributed by atoms with Crippen LogP contribution < -0.4 is 10.9 Å². The number of nitrogens with one attached hydrogen (secondary N) is 1. The largest absolute Gasteiger partial charge is 0.383 e. The van der Waals surface area contributed by atoms with E-state index in [0.717, 1.165) is 4.47 Å². The van der Waals surface area contributed by atoms with Crippen molar-refractivity contribution in [3.63, 3.8) is 0 Å². The Morgan fingerprint density at radius 2 is 2.29 bits per heavy atom. The van der Waals surface area contributed by atoms with Crippen molar-refractivity contribution >= 4 is 21.8 Å². The number of ether oxygens (including phenoxy) is 1. The Morgan fingerprint density at radius 1 is 1.59 bits per heavy atom. The summed E-state index contributed by atoms with van der Waals surface area (Å²) in [7, 11) is 1.57. The van der Waals surface area contributed by atoms with Crippen molar-refractivity contribution in [3.8, 4) is 0 Å². The summed E-state index contributed by atoms with van der Waals surface area (Å²) in [6.45, 7) is 2.29. The Balaban J connectivity index is 2.62. The van der Waals surface area contributed by atoms with Gasteiger partial charge in [0.05, 0.1) is 6.61 Å². The van der Waals surface area contributed by atoms with E-state index in [1.807, 2.05) is 6.92 Å². The molecular weight excluding hydrogens is 288 g/mol. The topological polar surface area (TPSA) is 60.3 Å². The van der Waals surface area contributed by atoms with Gasteiger partial charge in [0.2, 0.25) is 5.91 Å². The maximum absolute atomic E-state index is 11.6. The van der Waals surface area contributed by atoms with Crippen LogP contribution in [0.4, 0.5) is 0 Å². The zero-order valence-electron chi connectivity index (χ0n) is 9.77. The zero-order valence-corrected chi connectivity index (χ0v) is 11.4. The van der Waals surface area contributed by atoms with Gasteiger partial charge in [0, 0.05) is 29.9 Å². The summed E-state index contributed by atoms with van der Waals surface area (Å²) in [4.78, 5) is 23.1. The van der Waals surface area contributed by atoms with Gasteiger partial charge in [0.1, 0.15) is 6.54 Å². The van der Waals surface area contributed by atoms with Crippen LogP contribution in [0.3, 0.4) is 0 Å². The molecule has 1 unspecified atom stereocenters. The number of rotatable bonds is 5. The number of halogens is 1. The van der Waals surface area contributed by atoms with Gasteiger partial charge in [-0.05, 0) is 28.9 Å². The van der Waals surface area contributed by atoms with E-state index < -0.39 is 0 Å². The number of carbonyl (C=O) groups is 1. The van der Waals surface area contributed by atoms with Gasteiger partial charge in [-0.1, -0.05) is 0 Å². The summed E-state index contributed by atoms with van der Waals surface area (Å²) in [5.74, 6) is -0.213. The molecule has 0 aliphatic rings. The van der Waals surface area contributed by atoms with E-state index in [1.165, 1.54) is 10.6 Å². The van der Waals surface area contributed by atoms with E-state index in [2.05, 4.69) is 21.2 Å². The number of aromatic nitrogens is 1. The molecule has 94 valence electrons. The minimum Gasteiger partial charge on any atom is -0.383 e. The number of carbonyl (C=O) groups excluding carboxylic acids is 1. The van der Waals surface area contributed by atoms with E-state index in [1.54, 1.807) is 19.4 Å². The average molecular weight is 303 g/mol. The van der Waals surface area contributed by atoms with Gasteiger partial charge in [-0.15, -0.1) is 0 Å². The van der Waals surface area contributed by atoms with Crippen LogP contribution in [0.1, 0.15) is 6.92 Å². The standard InChI is InChI=1S/C11H15BrN2O3/c1-8(7-17-2)13-10(15)6-14-5-9(12)3-4-11(14)16/h3-5,8H,6-7H2,1-2H3,(H,13,15). The molecule has 0 saturated heterocycles. The molecule has 1 N–H and O–H groups in total. The molecule has 0 aliphatic carbocycles. The SMILES string of the molecule is COCC(C)NC(=O)Cn1cc(Br)ccc1=O. The van der Waals surface area contributed by atoms with Crippen molar-refractivity contribution in [2.45, 2.75) is 19.5 Å². The fourth-order valence-electron chi connectivity index (χ4n) is 1.39. The maximum Gasteiger partial charge on any atom is 0.251 e. The smallest absolute Gasteiger partial charge is 0.251 e. The molecule has 1 rings (SSSR count). The summed E-state index contributed by atoms with van der Waals surface area (Å²) in [6, 6.07) is 2.98. The normalized spacial score (nSPS) is 12.2. The Kier molecular flexibility index (Phi) is 5.37. The van der Waals surface area contributed by atoms with Gasteiger partial charge in [-0.3, -0.25) is 9.59 Å². The lowest BCUT2D eigenvalue weighted by molar-refractivity contribution is -0.122. The van der Waals surface area contributed by atoms with Gasteiger partial charge < -0.3 is 14.6 Å². The molecule has 0 saturated carbocycles. The lowest BCUT2D eigenvalue weighted by Gasteiger charge is -2.13. The minimum atomic E-state index is -0.213. The molecule has 1 aromatic rings. The van der Waals surface area contributed by atoms with Crippen molar-refractivity contribution in [3.05, 3.63) is 33.2 Å². The summed E-state index contributed by atoms with van der Waals surface area (Å²) in [6.07, 6.45) is 1.59. The second-order valence-corrected chi connectivity index (χ2v) is 4.65. The molecule has 0 aliphatic heterocycles. The van der Waals surface area contributed by atoms with Crippen LogP contribution in [0, 0.1) is 0 Å². The molecule has 0 fully saturated rings. The lowest BCUT2D eigenvalue weighted by atomic mass is 10.3. The molecular formula is C11H15BrN2O3. The first-order chi connectivity index (χ1) is 8.02. The molecule has 1 aromatic heterocycles. The van der Waals surface area contributed by atoms with E-state index in [4.69, 9.17) is 4.74 Å². The zero-order chi connectivity index (χ0) is 12.8. The Labute approximate surface area is 108 Å². The molecule has 0 radical (unpaired) electrons. The third-order valence-corrected chi connectivity index (χ3v) is 2.55. The molecule has 1 atom stereocenters. The monoisotopic (exact) mass is 302 g/mol. The fourth-order valence-corrected chi connectivity index (χ4v) is 1.77. The van der Waals surface area contributed by atoms with Crippen LogP contribution in [0.5, 0.6) is 0 Å². The average Bonchev–Trinajstić information content (AvgIpc) is 2.23. The highest BCUT2D eigenvalue weighted by Gasteiger charge is 2.08. The Bertz CT molecular complexity index is 445. The number of nitrogens with zero attached hydrogens (tertiary/aromatic N) is 1. The highest BCUT2D eigenvalue weighted by atomic mass is 79.9. The van der Waals surface area contributed by atoms with Crippen molar-refractivity contribution in [2.75, 3.05) is 13.7 Å². The summed E-state index contributed by atoms with van der Waals surface area (Å²) < 4.78 is 7.01. The predicted octanol–water partition coefficient (Wildman–Crippen LogP) is 0.762. The molecule has 1 heterocycles. The number of pyridine rings is 1. The summed E-state index contributed by atoms with van der Waals surface area (Å²) in [5.41, 5.74) is -0.206. The van der Waals surface area contributed by atoms with Crippen molar-refractivity contribution in [1.29, 1.82) is 0 Å². The van der Waals surface area contributed by atoms with Crippen LogP contribution in [0.25, 0.3) is 0 Å². The quantitative estimate of drug-likeness (QED) is 0.874. The highest BCUT2D eigenvalue weighted by molar-refractivity contribution is 9.10. The van der Waals surface area contributed by atoms with Gasteiger partial charge in [-0.25, -0.2) is 0 Å². The lowest BCUT2D eigenvalue weighted by Crippen LogP contribution is -2.39. The number of hydrogen-bond acceptors (Lipinski definition) is 3. The maximum atomic E-state index is 11.6. The fraction of sp³-hybridized carbons (Fsp3) is 0.455. The number of amides is 1. The van der Waals surface area contributed by atoms with E-state index >= 15 is 0 Å². The first kappa shape index (κ1) is 13.9. The van der Waals surface area contributed by atoms with Crippen LogP contribution in [0.15, 0.2) is 27.6 Å². The highest BCUT2D eigenvalue weighted by Crippen LogP contribution is 2.04. The van der Waals surface area contributed by atoms with Crippen LogP contribution in [-0.2, 0) is 16.1 Å². The van der Waals surface area contributed by atoms with E-state index in [-0.39, 0.29) is 24.1 Å². The predicted molar refractivity (Wildman–Crippen MR) is 67.9 cm³/mol. The van der Waals surface area contributed by atoms with Gasteiger partial charge in [-0.2, -0.15) is 0 Å². The Morgan fingerprint density at radius 3 is 2.94 bits per heavy atom. The second-order valence-electron chi connectivity index (χ2n) is 3.74. The van der Waals surface area contributed by atoms with Crippen LogP contribution in [0.2, 0.25) is 0 Å². The van der Waals surface area contributed by atoms with Gasteiger partial charge >= 0.3 is 0 Å². The summed E-state index contributed by atoms with van der Waals surface area (Å²) >= 11 is 3.25. The molecule has 0 aromatic carbocycles. The third-order valence-electron chi connectivity index (χ3n) is 2.09. The van der Waals surface area contributed by atoms with E-state index in [0.29, 0.717) is 6.61 Å². The first-order valence-corrected chi connectivity index (χ1v) is 5.96. The third kappa shape index (κ3) is 4.70. The number of methoxy groups -OCH3 is 1. The molecule has 0 bridgehead atoms.